The van der Waals surface area contributed by atoms with Gasteiger partial charge in [0.05, 0.1) is 5.75 Å². The molecule has 3 nitrogen and oxygen atoms in total. The van der Waals surface area contributed by atoms with Crippen molar-refractivity contribution in [2.75, 3.05) is 6.26 Å². The van der Waals surface area contributed by atoms with Crippen molar-refractivity contribution in [1.29, 1.82) is 0 Å². The summed E-state index contributed by atoms with van der Waals surface area (Å²) in [5.74, 6) is 0.0971. The van der Waals surface area contributed by atoms with E-state index in [1.54, 1.807) is 0 Å². The molecule has 0 radical (unpaired) electrons. The standard InChI is InChI=1S/C13H17NO2S/c1-10(2)14-12(9-17(3,15)16)8-11-6-4-5-7-13(11)14/h4-8,10H,9H2,1-3H3. The van der Waals surface area contributed by atoms with E-state index in [-0.39, 0.29) is 11.8 Å². The zero-order chi connectivity index (χ0) is 12.6. The van der Waals surface area contributed by atoms with Crippen LogP contribution < -0.4 is 0 Å². The average molecular weight is 251 g/mol. The molecule has 0 saturated carbocycles. The van der Waals surface area contributed by atoms with Crippen molar-refractivity contribution < 1.29 is 8.42 Å². The van der Waals surface area contributed by atoms with E-state index in [1.807, 2.05) is 30.3 Å². The van der Waals surface area contributed by atoms with Crippen LogP contribution in [0.15, 0.2) is 30.3 Å². The minimum Gasteiger partial charge on any atom is -0.341 e. The Morgan fingerprint density at radius 3 is 2.47 bits per heavy atom. The topological polar surface area (TPSA) is 39.1 Å². The van der Waals surface area contributed by atoms with Crippen LogP contribution in [-0.2, 0) is 15.6 Å². The molecule has 92 valence electrons. The minimum absolute atomic E-state index is 0.0971. The van der Waals surface area contributed by atoms with Crippen LogP contribution in [0, 0.1) is 0 Å². The number of rotatable bonds is 3. The number of hydrogen-bond acceptors (Lipinski definition) is 2. The van der Waals surface area contributed by atoms with E-state index in [9.17, 15) is 8.42 Å². The first kappa shape index (κ1) is 12.2. The first-order valence-corrected chi connectivity index (χ1v) is 7.71. The number of nitrogens with zero attached hydrogens (tertiary/aromatic N) is 1. The molecule has 2 rings (SSSR count). The van der Waals surface area contributed by atoms with Gasteiger partial charge in [0.25, 0.3) is 0 Å². The summed E-state index contributed by atoms with van der Waals surface area (Å²) >= 11 is 0. The molecule has 4 heteroatoms. The van der Waals surface area contributed by atoms with Crippen LogP contribution in [0.5, 0.6) is 0 Å². The summed E-state index contributed by atoms with van der Waals surface area (Å²) in [6.07, 6.45) is 1.27. The lowest BCUT2D eigenvalue weighted by Crippen LogP contribution is -2.09. The van der Waals surface area contributed by atoms with E-state index in [0.717, 1.165) is 16.6 Å². The van der Waals surface area contributed by atoms with E-state index in [1.165, 1.54) is 6.26 Å². The van der Waals surface area contributed by atoms with Gasteiger partial charge in [-0.2, -0.15) is 0 Å². The molecule has 0 saturated heterocycles. The molecule has 0 N–H and O–H groups in total. The van der Waals surface area contributed by atoms with E-state index in [2.05, 4.69) is 18.4 Å². The van der Waals surface area contributed by atoms with Crippen molar-refractivity contribution in [2.45, 2.75) is 25.6 Å². The van der Waals surface area contributed by atoms with Crippen LogP contribution in [0.2, 0.25) is 0 Å². The number of sulfone groups is 1. The van der Waals surface area contributed by atoms with Gasteiger partial charge in [0.1, 0.15) is 0 Å². The van der Waals surface area contributed by atoms with Gasteiger partial charge in [0, 0.05) is 23.5 Å². The highest BCUT2D eigenvalue weighted by Gasteiger charge is 2.14. The molecule has 0 aliphatic rings. The van der Waals surface area contributed by atoms with Crippen molar-refractivity contribution in [3.05, 3.63) is 36.0 Å². The van der Waals surface area contributed by atoms with Crippen molar-refractivity contribution >= 4 is 20.7 Å². The summed E-state index contributed by atoms with van der Waals surface area (Å²) in [6.45, 7) is 4.14. The highest BCUT2D eigenvalue weighted by atomic mass is 32.2. The lowest BCUT2D eigenvalue weighted by atomic mass is 10.2. The molecule has 17 heavy (non-hydrogen) atoms. The summed E-state index contributed by atoms with van der Waals surface area (Å²) in [6, 6.07) is 10.2. The number of aromatic nitrogens is 1. The lowest BCUT2D eigenvalue weighted by Gasteiger charge is -2.14. The molecular formula is C13H17NO2S. The zero-order valence-electron chi connectivity index (χ0n) is 10.3. The molecule has 0 spiro atoms. The second-order valence-corrected chi connectivity index (χ2v) is 6.87. The SMILES string of the molecule is CC(C)n1c(CS(C)(=O)=O)cc2ccccc21. The van der Waals surface area contributed by atoms with E-state index in [4.69, 9.17) is 0 Å². The summed E-state index contributed by atoms with van der Waals surface area (Å²) in [5.41, 5.74) is 1.96. The van der Waals surface area contributed by atoms with Gasteiger partial charge in [0.2, 0.25) is 0 Å². The minimum atomic E-state index is -3.00. The first-order chi connectivity index (χ1) is 7.88. The highest BCUT2D eigenvalue weighted by molar-refractivity contribution is 7.89. The van der Waals surface area contributed by atoms with Crippen LogP contribution in [0.4, 0.5) is 0 Å². The van der Waals surface area contributed by atoms with Gasteiger partial charge >= 0.3 is 0 Å². The third kappa shape index (κ3) is 2.52. The molecule has 0 fully saturated rings. The fraction of sp³-hybridized carbons (Fsp3) is 0.385. The Bertz CT molecular complexity index is 638. The number of hydrogen-bond donors (Lipinski definition) is 0. The number of fused-ring (bicyclic) bond motifs is 1. The summed E-state index contributed by atoms with van der Waals surface area (Å²) in [5, 5.41) is 1.10. The van der Waals surface area contributed by atoms with E-state index < -0.39 is 9.84 Å². The molecule has 0 aliphatic carbocycles. The summed E-state index contributed by atoms with van der Waals surface area (Å²) < 4.78 is 25.0. The third-order valence-corrected chi connectivity index (χ3v) is 3.57. The molecule has 1 aromatic heterocycles. The Morgan fingerprint density at radius 1 is 1.24 bits per heavy atom. The maximum Gasteiger partial charge on any atom is 0.153 e. The van der Waals surface area contributed by atoms with Crippen molar-refractivity contribution in [2.24, 2.45) is 0 Å². The van der Waals surface area contributed by atoms with E-state index >= 15 is 0 Å². The largest absolute Gasteiger partial charge is 0.341 e. The molecule has 0 amide bonds. The summed E-state index contributed by atoms with van der Waals surface area (Å²) in [4.78, 5) is 0. The third-order valence-electron chi connectivity index (χ3n) is 2.75. The molecule has 1 aromatic carbocycles. The van der Waals surface area contributed by atoms with Gasteiger partial charge in [-0.05, 0) is 31.4 Å². The van der Waals surface area contributed by atoms with Gasteiger partial charge in [-0.15, -0.1) is 0 Å². The Balaban J connectivity index is 2.66. The van der Waals surface area contributed by atoms with Crippen LogP contribution in [0.3, 0.4) is 0 Å². The van der Waals surface area contributed by atoms with Crippen molar-refractivity contribution in [3.63, 3.8) is 0 Å². The molecule has 0 bridgehead atoms. The monoisotopic (exact) mass is 251 g/mol. The fourth-order valence-corrected chi connectivity index (χ4v) is 2.98. The zero-order valence-corrected chi connectivity index (χ0v) is 11.2. The maximum absolute atomic E-state index is 11.4. The molecule has 0 aliphatic heterocycles. The van der Waals surface area contributed by atoms with Gasteiger partial charge in [0.15, 0.2) is 9.84 Å². The number of benzene rings is 1. The lowest BCUT2D eigenvalue weighted by molar-refractivity contribution is 0.585. The Hall–Kier alpha value is -1.29. The molecular weight excluding hydrogens is 234 g/mol. The van der Waals surface area contributed by atoms with Gasteiger partial charge < -0.3 is 4.57 Å². The fourth-order valence-electron chi connectivity index (χ4n) is 2.22. The normalized spacial score (nSPS) is 12.5. The Labute approximate surface area is 102 Å². The van der Waals surface area contributed by atoms with Crippen LogP contribution in [0.1, 0.15) is 25.6 Å². The quantitative estimate of drug-likeness (QED) is 0.841. The Kier molecular flexibility index (Phi) is 3.00. The first-order valence-electron chi connectivity index (χ1n) is 5.65. The molecule has 0 unspecified atom stereocenters. The number of para-hydroxylation sites is 1. The molecule has 1 heterocycles. The summed E-state index contributed by atoms with van der Waals surface area (Å²) in [7, 11) is -3.00. The molecule has 2 aromatic rings. The van der Waals surface area contributed by atoms with E-state index in [0.29, 0.717) is 0 Å². The highest BCUT2D eigenvalue weighted by Crippen LogP contribution is 2.25. The average Bonchev–Trinajstić information content (AvgIpc) is 2.51. The van der Waals surface area contributed by atoms with Crippen LogP contribution >= 0.6 is 0 Å². The van der Waals surface area contributed by atoms with Crippen molar-refractivity contribution in [3.8, 4) is 0 Å². The predicted octanol–water partition coefficient (Wildman–Crippen LogP) is 2.77. The maximum atomic E-state index is 11.4. The van der Waals surface area contributed by atoms with Gasteiger partial charge in [-0.3, -0.25) is 0 Å². The Morgan fingerprint density at radius 2 is 1.88 bits per heavy atom. The second-order valence-electron chi connectivity index (χ2n) is 4.73. The van der Waals surface area contributed by atoms with Crippen LogP contribution in [-0.4, -0.2) is 19.2 Å². The predicted molar refractivity (Wildman–Crippen MR) is 70.9 cm³/mol. The van der Waals surface area contributed by atoms with Crippen LogP contribution in [0.25, 0.3) is 10.9 Å². The van der Waals surface area contributed by atoms with Gasteiger partial charge in [-0.25, -0.2) is 8.42 Å². The second kappa shape index (κ2) is 4.18. The van der Waals surface area contributed by atoms with Crippen molar-refractivity contribution in [1.82, 2.24) is 4.57 Å². The molecule has 0 atom stereocenters. The van der Waals surface area contributed by atoms with Gasteiger partial charge in [-0.1, -0.05) is 18.2 Å². The smallest absolute Gasteiger partial charge is 0.153 e.